The van der Waals surface area contributed by atoms with Crippen molar-refractivity contribution in [2.75, 3.05) is 25.1 Å². The van der Waals surface area contributed by atoms with Gasteiger partial charge in [-0.15, -0.1) is 0 Å². The predicted octanol–water partition coefficient (Wildman–Crippen LogP) is 2.80. The third kappa shape index (κ3) is 4.02. The molecule has 1 aliphatic heterocycles. The van der Waals surface area contributed by atoms with Gasteiger partial charge < -0.3 is 24.8 Å². The highest BCUT2D eigenvalue weighted by Crippen LogP contribution is 2.62. The molecule has 4 aliphatic carbocycles. The van der Waals surface area contributed by atoms with Crippen LogP contribution in [0.3, 0.4) is 0 Å². The van der Waals surface area contributed by atoms with Gasteiger partial charge in [0, 0.05) is 30.6 Å². The van der Waals surface area contributed by atoms with Gasteiger partial charge in [0.1, 0.15) is 0 Å². The van der Waals surface area contributed by atoms with Gasteiger partial charge in [-0.2, -0.15) is 0 Å². The lowest BCUT2D eigenvalue weighted by Gasteiger charge is -2.60. The SMILES string of the molecule is CC(=O)NC12CC3CC(C1)CC(C(=O)OCC(=O)Nc1ccc4c(c1)OCCCO4)(C3)C2. The lowest BCUT2D eigenvalue weighted by Crippen LogP contribution is -2.64. The molecule has 4 fully saturated rings. The lowest BCUT2D eigenvalue weighted by atomic mass is 9.47. The average molecular weight is 443 g/mol. The van der Waals surface area contributed by atoms with E-state index >= 15 is 0 Å². The van der Waals surface area contributed by atoms with Crippen LogP contribution in [-0.4, -0.2) is 43.1 Å². The smallest absolute Gasteiger partial charge is 0.312 e. The van der Waals surface area contributed by atoms with E-state index in [1.165, 1.54) is 6.92 Å². The van der Waals surface area contributed by atoms with Crippen LogP contribution in [0.25, 0.3) is 0 Å². The zero-order valence-corrected chi connectivity index (χ0v) is 18.4. The number of anilines is 1. The monoisotopic (exact) mass is 442 g/mol. The largest absolute Gasteiger partial charge is 0.490 e. The van der Waals surface area contributed by atoms with Gasteiger partial charge in [0.2, 0.25) is 5.91 Å². The van der Waals surface area contributed by atoms with Crippen molar-refractivity contribution in [3.05, 3.63) is 18.2 Å². The number of carbonyl (C=O) groups excluding carboxylic acids is 3. The first kappa shape index (κ1) is 21.1. The summed E-state index contributed by atoms with van der Waals surface area (Å²) in [5.74, 6) is 1.34. The maximum Gasteiger partial charge on any atom is 0.312 e. The Kier molecular flexibility index (Phi) is 5.26. The summed E-state index contributed by atoms with van der Waals surface area (Å²) in [5, 5.41) is 5.91. The van der Waals surface area contributed by atoms with Gasteiger partial charge in [0.25, 0.3) is 5.91 Å². The van der Waals surface area contributed by atoms with Crippen molar-refractivity contribution in [1.29, 1.82) is 0 Å². The van der Waals surface area contributed by atoms with E-state index in [0.29, 0.717) is 48.7 Å². The standard InChI is InChI=1S/C24H30N2O6/c1-15(27)26-24-11-16-7-17(12-24)10-23(9-16,14-24)22(29)32-13-21(28)25-18-3-4-19-20(8-18)31-6-2-5-30-19/h3-4,8,16-17H,2,5-7,9-14H2,1H3,(H,25,28)(H,26,27). The molecule has 0 radical (unpaired) electrons. The molecule has 8 nitrogen and oxygen atoms in total. The van der Waals surface area contributed by atoms with E-state index in [-0.39, 0.29) is 24.0 Å². The van der Waals surface area contributed by atoms with Crippen molar-refractivity contribution in [1.82, 2.24) is 5.32 Å². The molecule has 2 N–H and O–H groups in total. The molecular formula is C24H30N2O6. The first-order valence-corrected chi connectivity index (χ1v) is 11.5. The molecule has 32 heavy (non-hydrogen) atoms. The summed E-state index contributed by atoms with van der Waals surface area (Å²) in [4.78, 5) is 37.4. The summed E-state index contributed by atoms with van der Waals surface area (Å²) in [6.45, 7) is 2.36. The van der Waals surface area contributed by atoms with E-state index in [1.54, 1.807) is 18.2 Å². The second-order valence-corrected chi connectivity index (χ2v) is 10.0. The number of rotatable bonds is 5. The predicted molar refractivity (Wildman–Crippen MR) is 115 cm³/mol. The van der Waals surface area contributed by atoms with Crippen molar-refractivity contribution in [2.45, 2.75) is 57.4 Å². The maximum absolute atomic E-state index is 13.2. The summed E-state index contributed by atoms with van der Waals surface area (Å²) >= 11 is 0. The van der Waals surface area contributed by atoms with Gasteiger partial charge >= 0.3 is 5.97 Å². The number of fused-ring (bicyclic) bond motifs is 1. The van der Waals surface area contributed by atoms with Gasteiger partial charge in [-0.1, -0.05) is 0 Å². The number of ether oxygens (including phenoxy) is 3. The number of esters is 1. The van der Waals surface area contributed by atoms with Crippen molar-refractivity contribution in [3.8, 4) is 11.5 Å². The van der Waals surface area contributed by atoms with Crippen LogP contribution in [0, 0.1) is 17.3 Å². The molecule has 4 bridgehead atoms. The maximum atomic E-state index is 13.2. The quantitative estimate of drug-likeness (QED) is 0.680. The van der Waals surface area contributed by atoms with Crippen LogP contribution in [0.4, 0.5) is 5.69 Å². The third-order valence-electron chi connectivity index (χ3n) is 7.30. The van der Waals surface area contributed by atoms with E-state index in [0.717, 1.165) is 38.5 Å². The summed E-state index contributed by atoms with van der Waals surface area (Å²) < 4.78 is 16.8. The normalized spacial score (nSPS) is 32.0. The molecule has 2 amide bonds. The number of hydrogen-bond donors (Lipinski definition) is 2. The molecule has 1 aromatic carbocycles. The molecular weight excluding hydrogens is 412 g/mol. The number of nitrogens with one attached hydrogen (secondary N) is 2. The molecule has 0 aromatic heterocycles. The van der Waals surface area contributed by atoms with Crippen molar-refractivity contribution in [3.63, 3.8) is 0 Å². The van der Waals surface area contributed by atoms with Crippen LogP contribution in [0.5, 0.6) is 11.5 Å². The molecule has 2 unspecified atom stereocenters. The molecule has 172 valence electrons. The molecule has 1 aromatic rings. The van der Waals surface area contributed by atoms with Gasteiger partial charge in [-0.05, 0) is 62.5 Å². The molecule has 1 heterocycles. The van der Waals surface area contributed by atoms with Gasteiger partial charge in [0.05, 0.1) is 18.6 Å². The van der Waals surface area contributed by atoms with E-state index in [2.05, 4.69) is 10.6 Å². The fraction of sp³-hybridized carbons (Fsp3) is 0.625. The minimum atomic E-state index is -0.595. The lowest BCUT2D eigenvalue weighted by molar-refractivity contribution is -0.176. The second kappa shape index (κ2) is 7.98. The zero-order valence-electron chi connectivity index (χ0n) is 18.4. The van der Waals surface area contributed by atoms with Crippen LogP contribution in [0.2, 0.25) is 0 Å². The van der Waals surface area contributed by atoms with Crippen molar-refractivity contribution >= 4 is 23.5 Å². The highest BCUT2D eigenvalue weighted by atomic mass is 16.5. The second-order valence-electron chi connectivity index (χ2n) is 10.0. The van der Waals surface area contributed by atoms with Gasteiger partial charge in [-0.3, -0.25) is 14.4 Å². The Morgan fingerprint density at radius 3 is 2.50 bits per heavy atom. The summed E-state index contributed by atoms with van der Waals surface area (Å²) in [6, 6.07) is 5.22. The molecule has 0 spiro atoms. The Bertz CT molecular complexity index is 930. The minimum absolute atomic E-state index is 0.0509. The Morgan fingerprint density at radius 2 is 1.78 bits per heavy atom. The molecule has 0 saturated heterocycles. The highest BCUT2D eigenvalue weighted by Gasteiger charge is 2.61. The first-order valence-electron chi connectivity index (χ1n) is 11.5. The van der Waals surface area contributed by atoms with E-state index in [4.69, 9.17) is 14.2 Å². The van der Waals surface area contributed by atoms with Crippen LogP contribution in [0.15, 0.2) is 18.2 Å². The highest BCUT2D eigenvalue weighted by molar-refractivity contribution is 5.93. The third-order valence-corrected chi connectivity index (χ3v) is 7.30. The minimum Gasteiger partial charge on any atom is -0.490 e. The van der Waals surface area contributed by atoms with Crippen LogP contribution in [-0.2, 0) is 19.1 Å². The average Bonchev–Trinajstić information content (AvgIpc) is 2.95. The van der Waals surface area contributed by atoms with Crippen LogP contribution in [0.1, 0.15) is 51.9 Å². The first-order chi connectivity index (χ1) is 15.3. The van der Waals surface area contributed by atoms with Crippen LogP contribution >= 0.6 is 0 Å². The van der Waals surface area contributed by atoms with Gasteiger partial charge in [-0.25, -0.2) is 0 Å². The molecule has 6 rings (SSSR count). The molecule has 2 atom stereocenters. The Hall–Kier alpha value is -2.77. The fourth-order valence-corrected chi connectivity index (χ4v) is 6.74. The molecule has 8 heteroatoms. The zero-order chi connectivity index (χ0) is 22.3. The Morgan fingerprint density at radius 1 is 1.06 bits per heavy atom. The van der Waals surface area contributed by atoms with Crippen LogP contribution < -0.4 is 20.1 Å². The number of benzene rings is 1. The fourth-order valence-electron chi connectivity index (χ4n) is 6.74. The molecule has 4 saturated carbocycles. The van der Waals surface area contributed by atoms with Crippen molar-refractivity contribution in [2.24, 2.45) is 17.3 Å². The van der Waals surface area contributed by atoms with E-state index in [1.807, 2.05) is 0 Å². The Labute approximate surface area is 187 Å². The summed E-state index contributed by atoms with van der Waals surface area (Å²) in [6.07, 6.45) is 5.96. The number of hydrogen-bond acceptors (Lipinski definition) is 6. The summed E-state index contributed by atoms with van der Waals surface area (Å²) in [7, 11) is 0. The van der Waals surface area contributed by atoms with Crippen molar-refractivity contribution < 1.29 is 28.6 Å². The van der Waals surface area contributed by atoms with E-state index < -0.39 is 11.3 Å². The van der Waals surface area contributed by atoms with E-state index in [9.17, 15) is 14.4 Å². The number of amides is 2. The van der Waals surface area contributed by atoms with Gasteiger partial charge in [0.15, 0.2) is 18.1 Å². The molecule has 5 aliphatic rings. The topological polar surface area (TPSA) is 103 Å². The summed E-state index contributed by atoms with van der Waals surface area (Å²) in [5.41, 5.74) is -0.335. The Balaban J connectivity index is 1.21. The number of carbonyl (C=O) groups is 3.